The molecule has 1 aliphatic heterocycles. The molecule has 2 aromatic carbocycles. The Morgan fingerprint density at radius 3 is 2.56 bits per heavy atom. The number of benzene rings is 2. The number of hydrogen-bond acceptors (Lipinski definition) is 5. The summed E-state index contributed by atoms with van der Waals surface area (Å²) in [4.78, 5) is 17.1. The molecule has 10 heteroatoms. The molecule has 0 bridgehead atoms. The lowest BCUT2D eigenvalue weighted by molar-refractivity contribution is 0.0951. The first-order chi connectivity index (χ1) is 15.1. The summed E-state index contributed by atoms with van der Waals surface area (Å²) in [5.74, 6) is -0.525. The first-order valence-corrected chi connectivity index (χ1v) is 12.0. The average Bonchev–Trinajstić information content (AvgIpc) is 3.37. The summed E-state index contributed by atoms with van der Waals surface area (Å²) in [5.41, 5.74) is 2.37. The zero-order valence-electron chi connectivity index (χ0n) is 18.0. The molecule has 0 radical (unpaired) electrons. The molecular weight excluding hydrogens is 433 g/mol. The number of carbonyl (C=O) groups excluding carboxylic acids is 1. The second-order valence-corrected chi connectivity index (χ2v) is 10.0. The topological polar surface area (TPSA) is 97.2 Å². The lowest BCUT2D eigenvalue weighted by Crippen LogP contribution is -2.29. The van der Waals surface area contributed by atoms with Crippen LogP contribution in [-0.4, -0.2) is 41.9 Å². The van der Waals surface area contributed by atoms with Gasteiger partial charge in [0.2, 0.25) is 10.0 Å². The molecule has 32 heavy (non-hydrogen) atoms. The number of sulfonamides is 1. The van der Waals surface area contributed by atoms with Gasteiger partial charge < -0.3 is 5.32 Å². The summed E-state index contributed by atoms with van der Waals surface area (Å²) < 4.78 is 40.8. The number of nitrogens with one attached hydrogen (secondary N) is 1. The van der Waals surface area contributed by atoms with E-state index in [-0.39, 0.29) is 36.8 Å². The van der Waals surface area contributed by atoms with Crippen molar-refractivity contribution in [2.24, 2.45) is 0 Å². The zero-order chi connectivity index (χ0) is 23.0. The highest BCUT2D eigenvalue weighted by atomic mass is 32.2. The predicted octanol–water partition coefficient (Wildman–Crippen LogP) is 2.84. The first kappa shape index (κ1) is 21.9. The van der Waals surface area contributed by atoms with Crippen molar-refractivity contribution in [3.05, 3.63) is 77.1 Å². The maximum Gasteiger partial charge on any atom is 0.251 e. The molecule has 0 spiro atoms. The highest BCUT2D eigenvalue weighted by molar-refractivity contribution is 7.92. The van der Waals surface area contributed by atoms with Crippen LogP contribution < -0.4 is 9.62 Å². The fourth-order valence-electron chi connectivity index (χ4n) is 3.68. The van der Waals surface area contributed by atoms with Crippen LogP contribution in [0.1, 0.15) is 53.1 Å². The van der Waals surface area contributed by atoms with Gasteiger partial charge in [-0.2, -0.15) is 5.10 Å². The van der Waals surface area contributed by atoms with Crippen LogP contribution in [0.2, 0.25) is 0 Å². The molecule has 2 heterocycles. The number of amides is 1. The van der Waals surface area contributed by atoms with Gasteiger partial charge in [0.05, 0.1) is 17.9 Å². The van der Waals surface area contributed by atoms with Crippen molar-refractivity contribution in [2.75, 3.05) is 17.1 Å². The number of aromatic nitrogens is 3. The van der Waals surface area contributed by atoms with E-state index in [2.05, 4.69) is 15.4 Å². The highest BCUT2D eigenvalue weighted by Gasteiger charge is 2.37. The van der Waals surface area contributed by atoms with Gasteiger partial charge in [-0.3, -0.25) is 13.8 Å². The van der Waals surface area contributed by atoms with Crippen molar-refractivity contribution in [1.29, 1.82) is 0 Å². The summed E-state index contributed by atoms with van der Waals surface area (Å²) in [7, 11) is -3.51. The van der Waals surface area contributed by atoms with Gasteiger partial charge in [0, 0.05) is 24.7 Å². The summed E-state index contributed by atoms with van der Waals surface area (Å²) in [5, 5.41) is 7.33. The van der Waals surface area contributed by atoms with Gasteiger partial charge >= 0.3 is 0 Å². The second kappa shape index (κ2) is 8.34. The van der Waals surface area contributed by atoms with Gasteiger partial charge in [0.1, 0.15) is 12.1 Å². The molecule has 1 N–H and O–H groups in total. The van der Waals surface area contributed by atoms with E-state index in [1.807, 2.05) is 13.8 Å². The van der Waals surface area contributed by atoms with Crippen LogP contribution in [0.3, 0.4) is 0 Å². The van der Waals surface area contributed by atoms with E-state index in [1.165, 1.54) is 16.4 Å². The molecule has 1 atom stereocenters. The fourth-order valence-corrected chi connectivity index (χ4v) is 4.63. The van der Waals surface area contributed by atoms with E-state index in [0.29, 0.717) is 22.6 Å². The Labute approximate surface area is 186 Å². The minimum absolute atomic E-state index is 0.117. The number of carbonyl (C=O) groups is 1. The van der Waals surface area contributed by atoms with E-state index in [1.54, 1.807) is 41.3 Å². The summed E-state index contributed by atoms with van der Waals surface area (Å²) in [6, 6.07) is 10.9. The molecular formula is C22H24FN5O3S. The van der Waals surface area contributed by atoms with Crippen molar-refractivity contribution < 1.29 is 17.6 Å². The Hall–Kier alpha value is -3.27. The molecule has 0 saturated heterocycles. The first-order valence-electron chi connectivity index (χ1n) is 10.2. The highest BCUT2D eigenvalue weighted by Crippen LogP contribution is 2.41. The third-order valence-corrected chi connectivity index (χ3v) is 6.56. The van der Waals surface area contributed by atoms with Gasteiger partial charge in [0.15, 0.2) is 5.82 Å². The molecule has 8 nitrogen and oxygen atoms in total. The van der Waals surface area contributed by atoms with Crippen LogP contribution in [0.4, 0.5) is 10.1 Å². The van der Waals surface area contributed by atoms with E-state index in [9.17, 15) is 17.6 Å². The molecule has 4 rings (SSSR count). The summed E-state index contributed by atoms with van der Waals surface area (Å²) in [6.07, 6.45) is 2.78. The smallest absolute Gasteiger partial charge is 0.251 e. The maximum absolute atomic E-state index is 13.1. The largest absolute Gasteiger partial charge is 0.348 e. The van der Waals surface area contributed by atoms with Crippen molar-refractivity contribution in [3.63, 3.8) is 0 Å². The Kier molecular flexibility index (Phi) is 5.72. The van der Waals surface area contributed by atoms with Crippen LogP contribution in [-0.2, 0) is 16.6 Å². The van der Waals surface area contributed by atoms with Gasteiger partial charge in [-0.1, -0.05) is 12.1 Å². The minimum atomic E-state index is -3.51. The molecule has 3 aromatic rings. The molecule has 1 unspecified atom stereocenters. The monoisotopic (exact) mass is 457 g/mol. The van der Waals surface area contributed by atoms with E-state index in [0.717, 1.165) is 11.8 Å². The SMILES string of the molecule is CC(C)n1cnc(C2CN(S(C)(=O)=O)c3ccc(C(=O)NCc4ccc(F)cc4)cc32)n1. The number of halogens is 1. The third kappa shape index (κ3) is 4.36. The standard InChI is InChI=1S/C22H24FN5O3S/c1-14(2)27-13-25-21(26-27)19-12-28(32(3,30)31)20-9-6-16(10-18(19)20)22(29)24-11-15-4-7-17(23)8-5-15/h4-10,13-14,19H,11-12H2,1-3H3,(H,24,29). The van der Waals surface area contributed by atoms with Crippen molar-refractivity contribution in [3.8, 4) is 0 Å². The second-order valence-electron chi connectivity index (χ2n) is 8.11. The normalized spacial score (nSPS) is 15.8. The van der Waals surface area contributed by atoms with Crippen LogP contribution in [0.15, 0.2) is 48.8 Å². The quantitative estimate of drug-likeness (QED) is 0.614. The van der Waals surface area contributed by atoms with Crippen molar-refractivity contribution in [2.45, 2.75) is 32.4 Å². The molecule has 1 aliphatic rings. The van der Waals surface area contributed by atoms with Crippen LogP contribution in [0, 0.1) is 5.82 Å². The number of anilines is 1. The van der Waals surface area contributed by atoms with Crippen LogP contribution >= 0.6 is 0 Å². The van der Waals surface area contributed by atoms with E-state index >= 15 is 0 Å². The van der Waals surface area contributed by atoms with E-state index in [4.69, 9.17) is 0 Å². The lowest BCUT2D eigenvalue weighted by Gasteiger charge is -2.16. The zero-order valence-corrected chi connectivity index (χ0v) is 18.8. The Bertz CT molecular complexity index is 1250. The molecule has 0 fully saturated rings. The molecule has 168 valence electrons. The van der Waals surface area contributed by atoms with Crippen molar-refractivity contribution in [1.82, 2.24) is 20.1 Å². The number of rotatable bonds is 6. The van der Waals surface area contributed by atoms with Gasteiger partial charge in [0.25, 0.3) is 5.91 Å². The Balaban J connectivity index is 1.63. The Morgan fingerprint density at radius 1 is 1.22 bits per heavy atom. The minimum Gasteiger partial charge on any atom is -0.348 e. The van der Waals surface area contributed by atoms with Gasteiger partial charge in [-0.15, -0.1) is 0 Å². The fraction of sp³-hybridized carbons (Fsp3) is 0.318. The molecule has 1 amide bonds. The van der Waals surface area contributed by atoms with Crippen molar-refractivity contribution >= 4 is 21.6 Å². The van der Waals surface area contributed by atoms with E-state index < -0.39 is 10.0 Å². The molecule has 0 aliphatic carbocycles. The summed E-state index contributed by atoms with van der Waals surface area (Å²) >= 11 is 0. The number of nitrogens with zero attached hydrogens (tertiary/aromatic N) is 4. The van der Waals surface area contributed by atoms with Gasteiger partial charge in [-0.05, 0) is 55.3 Å². The Morgan fingerprint density at radius 2 is 1.94 bits per heavy atom. The van der Waals surface area contributed by atoms with Crippen LogP contribution in [0.25, 0.3) is 0 Å². The van der Waals surface area contributed by atoms with Crippen LogP contribution in [0.5, 0.6) is 0 Å². The molecule has 0 saturated carbocycles. The average molecular weight is 458 g/mol. The number of fused-ring (bicyclic) bond motifs is 1. The molecule has 1 aromatic heterocycles. The number of hydrogen-bond donors (Lipinski definition) is 1. The maximum atomic E-state index is 13.1. The summed E-state index contributed by atoms with van der Waals surface area (Å²) in [6.45, 7) is 4.38. The lowest BCUT2D eigenvalue weighted by atomic mass is 9.98. The predicted molar refractivity (Wildman–Crippen MR) is 118 cm³/mol. The van der Waals surface area contributed by atoms with Gasteiger partial charge in [-0.25, -0.2) is 17.8 Å². The third-order valence-electron chi connectivity index (χ3n) is 5.42.